The van der Waals surface area contributed by atoms with Crippen LogP contribution in [0.4, 0.5) is 19.0 Å². The van der Waals surface area contributed by atoms with Crippen molar-refractivity contribution in [3.63, 3.8) is 0 Å². The third-order valence-corrected chi connectivity index (χ3v) is 4.62. The van der Waals surface area contributed by atoms with Gasteiger partial charge in [0.05, 0.1) is 18.9 Å². The zero-order chi connectivity index (χ0) is 26.4. The molecule has 36 heavy (non-hydrogen) atoms. The molecule has 2 amide bonds. The Bertz CT molecular complexity index is 1070. The highest BCUT2D eigenvalue weighted by Gasteiger charge is 2.32. The average Bonchev–Trinajstić information content (AvgIpc) is 2.98. The van der Waals surface area contributed by atoms with Crippen LogP contribution in [0.5, 0.6) is 0 Å². The largest absolute Gasteiger partial charge is 0.434 e. The van der Waals surface area contributed by atoms with Crippen molar-refractivity contribution < 1.29 is 22.8 Å². The molecule has 8 nitrogen and oxygen atoms in total. The molecule has 0 aliphatic carbocycles. The number of amides is 2. The summed E-state index contributed by atoms with van der Waals surface area (Å²) in [6, 6.07) is 9.66. The molecule has 3 rings (SSSR count). The maximum atomic E-state index is 12.9. The Kier molecular flexibility index (Phi) is 11.3. The fourth-order valence-electron chi connectivity index (χ4n) is 3.00. The van der Waals surface area contributed by atoms with Gasteiger partial charge in [0.25, 0.3) is 5.91 Å². The van der Waals surface area contributed by atoms with Crippen LogP contribution in [0.1, 0.15) is 31.5 Å². The number of carbonyl (C=O) groups excluding carboxylic acids is 2. The standard InChI is InChI=1S/C23H23F3N6O2.C2H6/c24-23(25,26)18-14-30-19(15-29-18)31-20(33)10-12-28-22(34)21-27-11-6-1-2-7-13-32(21)16-17-8-4-3-5-9-17;1-2/h1-9,14-15H,10-13,16H2,(H,28,34)(H,30,31,33);1-2H3/b6-1-,7-2-,27-21?;. The van der Waals surface area contributed by atoms with Gasteiger partial charge in [-0.1, -0.05) is 68.5 Å². The number of amidine groups is 1. The van der Waals surface area contributed by atoms with Gasteiger partial charge >= 0.3 is 6.18 Å². The first-order chi connectivity index (χ1) is 17.3. The van der Waals surface area contributed by atoms with Crippen molar-refractivity contribution in [2.24, 2.45) is 4.99 Å². The van der Waals surface area contributed by atoms with Gasteiger partial charge in [0.15, 0.2) is 17.3 Å². The predicted octanol–water partition coefficient (Wildman–Crippen LogP) is 3.99. The van der Waals surface area contributed by atoms with E-state index in [4.69, 9.17) is 0 Å². The summed E-state index contributed by atoms with van der Waals surface area (Å²) < 4.78 is 37.6. The second-order valence-electron chi connectivity index (χ2n) is 7.23. The number of rotatable bonds is 7. The zero-order valence-corrected chi connectivity index (χ0v) is 20.1. The van der Waals surface area contributed by atoms with E-state index in [9.17, 15) is 22.8 Å². The molecule has 2 aromatic rings. The Morgan fingerprint density at radius 2 is 1.75 bits per heavy atom. The Morgan fingerprint density at radius 1 is 1.03 bits per heavy atom. The molecule has 0 unspecified atom stereocenters. The molecule has 0 atom stereocenters. The SMILES string of the molecule is CC.O=C(CCNC(=O)C1=NC/C=C\C=C/CN1Cc1ccccc1)Nc1cnc(C(F)(F)F)cn1. The molecule has 0 saturated heterocycles. The molecule has 1 aromatic carbocycles. The van der Waals surface area contributed by atoms with E-state index < -0.39 is 23.7 Å². The minimum Gasteiger partial charge on any atom is -0.349 e. The highest BCUT2D eigenvalue weighted by atomic mass is 19.4. The predicted molar refractivity (Wildman–Crippen MR) is 132 cm³/mol. The average molecular weight is 503 g/mol. The van der Waals surface area contributed by atoms with Gasteiger partial charge in [-0.05, 0) is 5.56 Å². The summed E-state index contributed by atoms with van der Waals surface area (Å²) in [7, 11) is 0. The zero-order valence-electron chi connectivity index (χ0n) is 20.1. The van der Waals surface area contributed by atoms with Crippen molar-refractivity contribution in [1.82, 2.24) is 20.2 Å². The van der Waals surface area contributed by atoms with E-state index in [1.54, 1.807) is 0 Å². The van der Waals surface area contributed by atoms with Gasteiger partial charge in [-0.2, -0.15) is 13.2 Å². The van der Waals surface area contributed by atoms with Crippen LogP contribution in [0.2, 0.25) is 0 Å². The highest BCUT2D eigenvalue weighted by Crippen LogP contribution is 2.26. The van der Waals surface area contributed by atoms with Crippen LogP contribution in [0, 0.1) is 0 Å². The van der Waals surface area contributed by atoms with Crippen LogP contribution in [0.15, 0.2) is 72.0 Å². The maximum absolute atomic E-state index is 12.9. The van der Waals surface area contributed by atoms with E-state index in [0.717, 1.165) is 11.8 Å². The molecule has 0 spiro atoms. The molecule has 0 fully saturated rings. The molecule has 2 heterocycles. The van der Waals surface area contributed by atoms with Crippen LogP contribution in [0.3, 0.4) is 0 Å². The van der Waals surface area contributed by atoms with Crippen LogP contribution in [0.25, 0.3) is 0 Å². The first-order valence-electron chi connectivity index (χ1n) is 11.4. The molecule has 1 aliphatic rings. The molecular weight excluding hydrogens is 473 g/mol. The molecule has 0 bridgehead atoms. The van der Waals surface area contributed by atoms with Gasteiger partial charge in [0.1, 0.15) is 0 Å². The number of aliphatic imine (C=N–C) groups is 1. The number of anilines is 1. The molecule has 2 N–H and O–H groups in total. The van der Waals surface area contributed by atoms with Gasteiger partial charge in [0.2, 0.25) is 5.91 Å². The van der Waals surface area contributed by atoms with E-state index in [1.165, 1.54) is 0 Å². The molecule has 11 heteroatoms. The number of carbonyl (C=O) groups is 2. The van der Waals surface area contributed by atoms with Crippen molar-refractivity contribution in [2.45, 2.75) is 33.0 Å². The molecule has 1 aliphatic heterocycles. The number of halogens is 3. The lowest BCUT2D eigenvalue weighted by Gasteiger charge is -2.24. The number of nitrogens with one attached hydrogen (secondary N) is 2. The second kappa shape index (κ2) is 14.4. The van der Waals surface area contributed by atoms with E-state index >= 15 is 0 Å². The summed E-state index contributed by atoms with van der Waals surface area (Å²) in [5, 5.41) is 5.03. The van der Waals surface area contributed by atoms with Gasteiger partial charge in [-0.3, -0.25) is 14.6 Å². The third-order valence-electron chi connectivity index (χ3n) is 4.62. The van der Waals surface area contributed by atoms with Crippen molar-refractivity contribution in [3.8, 4) is 0 Å². The maximum Gasteiger partial charge on any atom is 0.434 e. The van der Waals surface area contributed by atoms with Crippen molar-refractivity contribution >= 4 is 23.5 Å². The summed E-state index contributed by atoms with van der Waals surface area (Å²) >= 11 is 0. The monoisotopic (exact) mass is 502 g/mol. The minimum atomic E-state index is -4.61. The Labute approximate surface area is 208 Å². The Hall–Kier alpha value is -4.02. The molecule has 0 radical (unpaired) electrons. The summed E-state index contributed by atoms with van der Waals surface area (Å²) in [6.45, 7) is 5.27. The minimum absolute atomic E-state index is 0.00258. The number of alkyl halides is 3. The lowest BCUT2D eigenvalue weighted by Crippen LogP contribution is -2.43. The number of benzene rings is 1. The van der Waals surface area contributed by atoms with Crippen molar-refractivity contribution in [1.29, 1.82) is 0 Å². The fraction of sp³-hybridized carbons (Fsp3) is 0.320. The number of hydrogen-bond donors (Lipinski definition) is 2. The van der Waals surface area contributed by atoms with Gasteiger partial charge in [0, 0.05) is 26.1 Å². The Morgan fingerprint density at radius 3 is 2.42 bits per heavy atom. The molecule has 0 saturated carbocycles. The van der Waals surface area contributed by atoms with E-state index in [2.05, 4.69) is 25.6 Å². The van der Waals surface area contributed by atoms with Crippen LogP contribution in [-0.2, 0) is 22.3 Å². The number of aromatic nitrogens is 2. The van der Waals surface area contributed by atoms with Crippen molar-refractivity contribution in [2.75, 3.05) is 25.0 Å². The summed E-state index contributed by atoms with van der Waals surface area (Å²) in [5.41, 5.74) is -0.140. The molecule has 1 aromatic heterocycles. The van der Waals surface area contributed by atoms with E-state index in [1.807, 2.05) is 73.4 Å². The number of hydrogen-bond acceptors (Lipinski definition) is 6. The first kappa shape index (κ1) is 28.2. The summed E-state index contributed by atoms with van der Waals surface area (Å²) in [4.78, 5) is 38.0. The third kappa shape index (κ3) is 9.32. The number of nitrogens with zero attached hydrogens (tertiary/aromatic N) is 4. The topological polar surface area (TPSA) is 99.6 Å². The first-order valence-corrected chi connectivity index (χ1v) is 11.4. The fourth-order valence-corrected chi connectivity index (χ4v) is 3.00. The summed E-state index contributed by atoms with van der Waals surface area (Å²) in [5.74, 6) is -0.828. The van der Waals surface area contributed by atoms with E-state index in [0.29, 0.717) is 25.8 Å². The molecule has 192 valence electrons. The second-order valence-corrected chi connectivity index (χ2v) is 7.23. The quantitative estimate of drug-likeness (QED) is 0.597. The highest BCUT2D eigenvalue weighted by molar-refractivity contribution is 6.37. The van der Waals surface area contributed by atoms with Crippen LogP contribution < -0.4 is 10.6 Å². The smallest absolute Gasteiger partial charge is 0.349 e. The van der Waals surface area contributed by atoms with Crippen molar-refractivity contribution in [3.05, 3.63) is 78.3 Å². The number of allylic oxidation sites excluding steroid dienone is 2. The molecular formula is C25H29F3N6O2. The van der Waals surface area contributed by atoms with Gasteiger partial charge in [-0.15, -0.1) is 0 Å². The lowest BCUT2D eigenvalue weighted by atomic mass is 10.2. The Balaban J connectivity index is 0.00000222. The van der Waals surface area contributed by atoms with E-state index in [-0.39, 0.29) is 24.6 Å². The normalized spacial score (nSPS) is 15.1. The van der Waals surface area contributed by atoms with Gasteiger partial charge < -0.3 is 15.5 Å². The summed E-state index contributed by atoms with van der Waals surface area (Å²) in [6.07, 6.45) is 4.15. The van der Waals surface area contributed by atoms with Crippen LogP contribution in [-0.4, -0.2) is 52.2 Å². The van der Waals surface area contributed by atoms with Gasteiger partial charge in [-0.25, -0.2) is 9.97 Å². The lowest BCUT2D eigenvalue weighted by molar-refractivity contribution is -0.141. The van der Waals surface area contributed by atoms with Crippen LogP contribution >= 0.6 is 0 Å².